The van der Waals surface area contributed by atoms with Crippen molar-refractivity contribution < 1.29 is 14.3 Å². The minimum atomic E-state index is -0.539. The highest BCUT2D eigenvalue weighted by Gasteiger charge is 2.39. The lowest BCUT2D eigenvalue weighted by molar-refractivity contribution is -0.136. The third-order valence-corrected chi connectivity index (χ3v) is 5.09. The number of likely N-dealkylation sites (N-methyl/N-ethyl adjacent to an activating group) is 1. The molecule has 2 aliphatic rings. The van der Waals surface area contributed by atoms with E-state index in [4.69, 9.17) is 4.74 Å². The SMILES string of the molecule is CCC1CCC(N(C(=O)CN(C)C(=O)OC(C)(C)C)C2CC2)CC1. The van der Waals surface area contributed by atoms with E-state index in [9.17, 15) is 9.59 Å². The second kappa shape index (κ2) is 7.75. The number of ether oxygens (including phenoxy) is 1. The van der Waals surface area contributed by atoms with E-state index in [0.717, 1.165) is 31.6 Å². The first-order chi connectivity index (χ1) is 11.2. The number of nitrogens with zero attached hydrogens (tertiary/aromatic N) is 2. The van der Waals surface area contributed by atoms with Crippen LogP contribution in [0.3, 0.4) is 0 Å². The number of hydrogen-bond acceptors (Lipinski definition) is 3. The third kappa shape index (κ3) is 5.38. The van der Waals surface area contributed by atoms with Crippen molar-refractivity contribution in [1.82, 2.24) is 9.80 Å². The van der Waals surface area contributed by atoms with Crippen molar-refractivity contribution in [3.8, 4) is 0 Å². The fourth-order valence-electron chi connectivity index (χ4n) is 3.58. The maximum Gasteiger partial charge on any atom is 0.410 e. The Morgan fingerprint density at radius 2 is 1.50 bits per heavy atom. The Balaban J connectivity index is 1.91. The molecule has 0 saturated heterocycles. The number of carbonyl (C=O) groups excluding carboxylic acids is 2. The van der Waals surface area contributed by atoms with Gasteiger partial charge < -0.3 is 14.5 Å². The minimum Gasteiger partial charge on any atom is -0.444 e. The number of carbonyl (C=O) groups is 2. The van der Waals surface area contributed by atoms with Gasteiger partial charge in [-0.25, -0.2) is 4.79 Å². The van der Waals surface area contributed by atoms with Gasteiger partial charge >= 0.3 is 6.09 Å². The van der Waals surface area contributed by atoms with Gasteiger partial charge in [-0.15, -0.1) is 0 Å². The van der Waals surface area contributed by atoms with Crippen LogP contribution < -0.4 is 0 Å². The molecule has 24 heavy (non-hydrogen) atoms. The summed E-state index contributed by atoms with van der Waals surface area (Å²) in [5.74, 6) is 0.896. The Morgan fingerprint density at radius 1 is 1.00 bits per heavy atom. The van der Waals surface area contributed by atoms with Crippen molar-refractivity contribution >= 4 is 12.0 Å². The highest BCUT2D eigenvalue weighted by Crippen LogP contribution is 2.36. The summed E-state index contributed by atoms with van der Waals surface area (Å²) < 4.78 is 5.35. The first kappa shape index (κ1) is 19.1. The summed E-state index contributed by atoms with van der Waals surface area (Å²) in [4.78, 5) is 28.4. The van der Waals surface area contributed by atoms with Crippen LogP contribution in [0.25, 0.3) is 0 Å². The van der Waals surface area contributed by atoms with Crippen LogP contribution in [0.5, 0.6) is 0 Å². The van der Waals surface area contributed by atoms with Crippen LogP contribution in [-0.4, -0.2) is 53.1 Å². The fourth-order valence-corrected chi connectivity index (χ4v) is 3.58. The molecule has 2 saturated carbocycles. The lowest BCUT2D eigenvalue weighted by Crippen LogP contribution is -2.49. The van der Waals surface area contributed by atoms with Gasteiger partial charge in [-0.1, -0.05) is 13.3 Å². The summed E-state index contributed by atoms with van der Waals surface area (Å²) in [6, 6.07) is 0.757. The number of hydrogen-bond donors (Lipinski definition) is 0. The molecule has 0 atom stereocenters. The van der Waals surface area contributed by atoms with Crippen LogP contribution in [-0.2, 0) is 9.53 Å². The monoisotopic (exact) mass is 338 g/mol. The summed E-state index contributed by atoms with van der Waals surface area (Å²) in [5.41, 5.74) is -0.539. The Hall–Kier alpha value is -1.26. The standard InChI is InChI=1S/C19H34N2O3/c1-6-14-7-9-15(10-8-14)21(16-11-12-16)17(22)13-20(5)18(23)24-19(2,3)4/h14-16H,6-13H2,1-5H3. The van der Waals surface area contributed by atoms with Gasteiger partial charge in [0.05, 0.1) is 0 Å². The minimum absolute atomic E-state index is 0.0748. The topological polar surface area (TPSA) is 49.9 Å². The molecule has 0 bridgehead atoms. The molecule has 0 aromatic heterocycles. The maximum atomic E-state index is 12.8. The molecule has 0 radical (unpaired) electrons. The van der Waals surface area contributed by atoms with Crippen molar-refractivity contribution in [1.29, 1.82) is 0 Å². The summed E-state index contributed by atoms with van der Waals surface area (Å²) in [5, 5.41) is 0. The van der Waals surface area contributed by atoms with Crippen molar-refractivity contribution in [2.75, 3.05) is 13.6 Å². The van der Waals surface area contributed by atoms with Crippen LogP contribution >= 0.6 is 0 Å². The van der Waals surface area contributed by atoms with Gasteiger partial charge in [-0.3, -0.25) is 4.79 Å². The van der Waals surface area contributed by atoms with Crippen LogP contribution in [0.2, 0.25) is 0 Å². The van der Waals surface area contributed by atoms with Gasteiger partial charge in [0, 0.05) is 19.1 Å². The Labute approximate surface area is 146 Å². The molecule has 2 amide bonds. The molecule has 5 nitrogen and oxygen atoms in total. The van der Waals surface area contributed by atoms with Gasteiger partial charge in [0.2, 0.25) is 5.91 Å². The predicted octanol–water partition coefficient (Wildman–Crippen LogP) is 3.81. The highest BCUT2D eigenvalue weighted by atomic mass is 16.6. The second-order valence-electron chi connectivity index (χ2n) is 8.45. The highest BCUT2D eigenvalue weighted by molar-refractivity contribution is 5.83. The normalized spacial score (nSPS) is 24.4. The Kier molecular flexibility index (Phi) is 6.16. The van der Waals surface area contributed by atoms with Gasteiger partial charge in [0.15, 0.2) is 0 Å². The molecule has 0 unspecified atom stereocenters. The van der Waals surface area contributed by atoms with Gasteiger partial charge in [-0.05, 0) is 65.2 Å². The van der Waals surface area contributed by atoms with E-state index >= 15 is 0 Å². The molecular formula is C19H34N2O3. The van der Waals surface area contributed by atoms with E-state index in [1.165, 1.54) is 24.2 Å². The van der Waals surface area contributed by atoms with Crippen molar-refractivity contribution in [3.63, 3.8) is 0 Å². The zero-order valence-corrected chi connectivity index (χ0v) is 16.0. The van der Waals surface area contributed by atoms with E-state index in [-0.39, 0.29) is 12.5 Å². The zero-order chi connectivity index (χ0) is 17.9. The van der Waals surface area contributed by atoms with E-state index in [0.29, 0.717) is 12.1 Å². The molecule has 0 aliphatic heterocycles. The molecule has 0 N–H and O–H groups in total. The molecule has 2 rings (SSSR count). The molecule has 2 aliphatic carbocycles. The average Bonchev–Trinajstić information content (AvgIpc) is 3.31. The van der Waals surface area contributed by atoms with Crippen molar-refractivity contribution in [3.05, 3.63) is 0 Å². The fraction of sp³-hybridized carbons (Fsp3) is 0.895. The van der Waals surface area contributed by atoms with Crippen molar-refractivity contribution in [2.45, 2.75) is 90.3 Å². The van der Waals surface area contributed by atoms with E-state index in [2.05, 4.69) is 11.8 Å². The van der Waals surface area contributed by atoms with Gasteiger partial charge in [0.25, 0.3) is 0 Å². The molecule has 0 aromatic rings. The molecule has 0 spiro atoms. The molecule has 138 valence electrons. The lowest BCUT2D eigenvalue weighted by atomic mass is 9.84. The largest absolute Gasteiger partial charge is 0.444 e. The molecule has 0 aromatic carbocycles. The summed E-state index contributed by atoms with van der Waals surface area (Å²) in [6.07, 6.45) is 7.69. The van der Waals surface area contributed by atoms with E-state index < -0.39 is 11.7 Å². The van der Waals surface area contributed by atoms with Gasteiger partial charge in [-0.2, -0.15) is 0 Å². The number of rotatable bonds is 5. The van der Waals surface area contributed by atoms with Crippen LogP contribution in [0, 0.1) is 5.92 Å². The second-order valence-corrected chi connectivity index (χ2v) is 8.45. The summed E-state index contributed by atoms with van der Waals surface area (Å²) in [7, 11) is 1.64. The molecular weight excluding hydrogens is 304 g/mol. The quantitative estimate of drug-likeness (QED) is 0.766. The Morgan fingerprint density at radius 3 is 1.92 bits per heavy atom. The summed E-state index contributed by atoms with van der Waals surface area (Å²) >= 11 is 0. The molecule has 2 fully saturated rings. The first-order valence-corrected chi connectivity index (χ1v) is 9.46. The zero-order valence-electron chi connectivity index (χ0n) is 16.0. The van der Waals surface area contributed by atoms with Crippen LogP contribution in [0.4, 0.5) is 4.79 Å². The predicted molar refractivity (Wildman–Crippen MR) is 94.8 cm³/mol. The third-order valence-electron chi connectivity index (χ3n) is 5.09. The molecule has 0 heterocycles. The smallest absolute Gasteiger partial charge is 0.410 e. The summed E-state index contributed by atoms with van der Waals surface area (Å²) in [6.45, 7) is 7.87. The van der Waals surface area contributed by atoms with Crippen molar-refractivity contribution in [2.24, 2.45) is 5.92 Å². The first-order valence-electron chi connectivity index (χ1n) is 9.46. The van der Waals surface area contributed by atoms with Crippen LogP contribution in [0.15, 0.2) is 0 Å². The van der Waals surface area contributed by atoms with E-state index in [1.54, 1.807) is 7.05 Å². The maximum absolute atomic E-state index is 12.8. The average molecular weight is 338 g/mol. The van der Waals surface area contributed by atoms with E-state index in [1.807, 2.05) is 20.8 Å². The lowest BCUT2D eigenvalue weighted by Gasteiger charge is -2.38. The Bertz CT molecular complexity index is 446. The van der Waals surface area contributed by atoms with Crippen LogP contribution in [0.1, 0.15) is 72.6 Å². The number of amides is 2. The molecule has 5 heteroatoms. The van der Waals surface area contributed by atoms with Gasteiger partial charge in [0.1, 0.15) is 12.1 Å².